The van der Waals surface area contributed by atoms with Crippen molar-refractivity contribution < 1.29 is 29.3 Å². The van der Waals surface area contributed by atoms with Crippen LogP contribution in [0.2, 0.25) is 0 Å². The summed E-state index contributed by atoms with van der Waals surface area (Å²) in [6.45, 7) is 13.3. The molecule has 0 spiro atoms. The Morgan fingerprint density at radius 1 is 1.15 bits per heavy atom. The molecule has 0 amide bonds. The number of benzene rings is 1. The summed E-state index contributed by atoms with van der Waals surface area (Å²) in [4.78, 5) is 47.2. The van der Waals surface area contributed by atoms with Crippen LogP contribution in [-0.4, -0.2) is 94.9 Å². The second kappa shape index (κ2) is 13.6. The maximum Gasteiger partial charge on any atom is 0.303 e. The van der Waals surface area contributed by atoms with Crippen LogP contribution in [0.5, 0.6) is 0 Å². The fourth-order valence-electron chi connectivity index (χ4n) is 10.5. The van der Waals surface area contributed by atoms with Gasteiger partial charge in [-0.05, 0) is 87.8 Å². The highest BCUT2D eigenvalue weighted by atomic mass is 32.1. The molecule has 1 saturated heterocycles. The maximum atomic E-state index is 12.9. The smallest absolute Gasteiger partial charge is 0.303 e. The number of allylic oxidation sites excluding steroid dienone is 4. The zero-order valence-electron chi connectivity index (χ0n) is 31.1. The van der Waals surface area contributed by atoms with Gasteiger partial charge < -0.3 is 30.1 Å². The number of likely N-dealkylation sites (N-methyl/N-ethyl adjacent to an activating group) is 1. The first-order valence-corrected chi connectivity index (χ1v) is 19.5. The second-order valence-corrected chi connectivity index (χ2v) is 17.6. The van der Waals surface area contributed by atoms with Gasteiger partial charge in [0.25, 0.3) is 0 Å². The number of hydrogen-bond acceptors (Lipinski definition) is 11. The minimum Gasteiger partial charge on any atom is -0.458 e. The van der Waals surface area contributed by atoms with Crippen molar-refractivity contribution in [3.05, 3.63) is 64.6 Å². The fourth-order valence-corrected chi connectivity index (χ4v) is 11.4. The number of aliphatic hydroxyl groups excluding tert-OH is 1. The lowest BCUT2D eigenvalue weighted by molar-refractivity contribution is -0.182. The summed E-state index contributed by atoms with van der Waals surface area (Å²) in [6, 6.07) is 10.6. The number of rotatable bonds is 3. The molecule has 4 aliphatic carbocycles. The van der Waals surface area contributed by atoms with Crippen LogP contribution in [0.15, 0.2) is 59.1 Å². The number of esters is 1. The van der Waals surface area contributed by atoms with Crippen molar-refractivity contribution in [2.75, 3.05) is 45.2 Å². The predicted octanol–water partition coefficient (Wildman–Crippen LogP) is 5.81. The van der Waals surface area contributed by atoms with Crippen LogP contribution in [0.4, 0.5) is 16.4 Å². The van der Waals surface area contributed by atoms with Crippen LogP contribution < -0.4 is 5.32 Å². The summed E-state index contributed by atoms with van der Waals surface area (Å²) in [5, 5.41) is 27.6. The number of nitrogens with one attached hydrogen (secondary N) is 1. The summed E-state index contributed by atoms with van der Waals surface area (Å²) >= 11 is 1.81. The molecule has 0 radical (unpaired) electrons. The highest BCUT2D eigenvalue weighted by Crippen LogP contribution is 2.67. The van der Waals surface area contributed by atoms with Gasteiger partial charge in [-0.1, -0.05) is 44.6 Å². The number of amidine groups is 1. The normalized spacial score (nSPS) is 34.8. The van der Waals surface area contributed by atoms with E-state index in [4.69, 9.17) is 9.73 Å². The van der Waals surface area contributed by atoms with E-state index in [0.717, 1.165) is 55.4 Å². The van der Waals surface area contributed by atoms with E-state index in [1.54, 1.807) is 23.5 Å². The molecule has 11 heteroatoms. The number of carbonyl (C=O) groups is 3. The zero-order valence-corrected chi connectivity index (χ0v) is 32.0. The molecule has 10 nitrogen and oxygen atoms in total. The molecule has 3 saturated carbocycles. The first kappa shape index (κ1) is 36.7. The van der Waals surface area contributed by atoms with Crippen LogP contribution in [-0.2, 0) is 19.1 Å². The molecule has 0 unspecified atom stereocenters. The number of nitrogens with zero attached hydrogens (tertiary/aromatic N) is 3. The molecule has 3 N–H and O–H groups in total. The monoisotopic (exact) mass is 728 g/mol. The van der Waals surface area contributed by atoms with Gasteiger partial charge >= 0.3 is 5.97 Å². The summed E-state index contributed by atoms with van der Waals surface area (Å²) in [6.07, 6.45) is 6.71. The van der Waals surface area contributed by atoms with Crippen LogP contribution in [0.1, 0.15) is 63.8 Å². The van der Waals surface area contributed by atoms with Crippen molar-refractivity contribution >= 4 is 51.1 Å². The predicted molar refractivity (Wildman–Crippen MR) is 203 cm³/mol. The number of piperazine rings is 1. The van der Waals surface area contributed by atoms with Gasteiger partial charge in [-0.2, -0.15) is 0 Å². The van der Waals surface area contributed by atoms with Crippen molar-refractivity contribution in [3.63, 3.8) is 0 Å². The van der Waals surface area contributed by atoms with E-state index in [1.807, 2.05) is 13.0 Å². The lowest BCUT2D eigenvalue weighted by atomic mass is 9.45. The van der Waals surface area contributed by atoms with Crippen molar-refractivity contribution in [3.8, 4) is 0 Å². The van der Waals surface area contributed by atoms with Gasteiger partial charge in [0, 0.05) is 54.7 Å². The van der Waals surface area contributed by atoms with Gasteiger partial charge in [0.2, 0.25) is 5.78 Å². The van der Waals surface area contributed by atoms with Gasteiger partial charge in [0.15, 0.2) is 12.4 Å². The number of ether oxygens (including phenoxy) is 1. The van der Waals surface area contributed by atoms with Crippen molar-refractivity contribution in [1.82, 2.24) is 9.80 Å². The molecule has 1 aromatic carbocycles. The Labute approximate surface area is 310 Å². The van der Waals surface area contributed by atoms with Gasteiger partial charge in [-0.15, -0.1) is 11.3 Å². The van der Waals surface area contributed by atoms with Crippen LogP contribution in [0, 0.1) is 41.4 Å². The Morgan fingerprint density at radius 2 is 1.88 bits per heavy atom. The third kappa shape index (κ3) is 6.17. The fraction of sp³-hybridized carbons (Fsp3) is 0.561. The third-order valence-electron chi connectivity index (χ3n) is 13.1. The molecule has 52 heavy (non-hydrogen) atoms. The SMILES string of the molecule is CC(=O)OCC(=O)[C@@]1(O)CC[C@H]2[C@@H]3C[C@H](C)C4=CC(=O)C=C[C@]4(C)[C@H]3[C@@H](O)C[C@@]21C.Cc1cc2c(s1)Nc1ccccc1N=C2N1CCN(C)CC1. The van der Waals surface area contributed by atoms with E-state index in [2.05, 4.69) is 73.3 Å². The summed E-state index contributed by atoms with van der Waals surface area (Å²) in [5.74, 6) is 0.403. The Bertz CT molecular complexity index is 1860. The first-order chi connectivity index (χ1) is 24.6. The molecule has 6 aliphatic rings. The topological polar surface area (TPSA) is 132 Å². The van der Waals surface area contributed by atoms with Gasteiger partial charge in [-0.25, -0.2) is 4.99 Å². The number of Topliss-reactive ketones (excluding diaryl/α,β-unsaturated/α-hetero) is 1. The maximum absolute atomic E-state index is 12.9. The number of hydrogen-bond donors (Lipinski definition) is 3. The molecule has 2 aliphatic heterocycles. The molecule has 0 bridgehead atoms. The number of aliphatic imine (C=N–C) groups is 1. The standard InChI is InChI=1S/C24H32O6.C17H20N4S/c1-13-9-16-17-6-8-24(29,20(28)12-30-14(2)25)23(17,4)11-19(27)21(16)22(3)7-5-15(26)10-18(13)22;1-12-11-13-16(21-9-7-20(2)8-10-21)18-14-5-3-4-6-15(14)19-17(13)22-12/h5,7,10,13,16-17,19,21,27,29H,6,8-9,11-12H2,1-4H3;3-6,11,19H,7-10H2,1-2H3/t13-,16-,17-,19-,21+,22-,23-,24-;/m0./s1. The largest absolute Gasteiger partial charge is 0.458 e. The van der Waals surface area contributed by atoms with Gasteiger partial charge in [-0.3, -0.25) is 14.4 Å². The molecule has 2 aromatic rings. The van der Waals surface area contributed by atoms with Crippen molar-refractivity contribution in [2.24, 2.45) is 39.5 Å². The van der Waals surface area contributed by atoms with Crippen LogP contribution in [0.3, 0.4) is 0 Å². The van der Waals surface area contributed by atoms with E-state index in [9.17, 15) is 24.6 Å². The number of aryl methyl sites for hydroxylation is 1. The average molecular weight is 729 g/mol. The first-order valence-electron chi connectivity index (χ1n) is 18.7. The highest BCUT2D eigenvalue weighted by molar-refractivity contribution is 7.16. The van der Waals surface area contributed by atoms with Gasteiger partial charge in [0.05, 0.1) is 23.0 Å². The van der Waals surface area contributed by atoms with Crippen molar-refractivity contribution in [2.45, 2.75) is 72.0 Å². The van der Waals surface area contributed by atoms with E-state index >= 15 is 0 Å². The van der Waals surface area contributed by atoms with Gasteiger partial charge in [0.1, 0.15) is 16.4 Å². The minimum atomic E-state index is -1.61. The molecule has 8 rings (SSSR count). The lowest BCUT2D eigenvalue weighted by Gasteiger charge is -2.60. The summed E-state index contributed by atoms with van der Waals surface area (Å²) < 4.78 is 4.89. The van der Waals surface area contributed by atoms with E-state index in [-0.39, 0.29) is 29.5 Å². The molecule has 8 atom stereocenters. The number of carbonyl (C=O) groups excluding carboxylic acids is 3. The minimum absolute atomic E-state index is 0.00535. The molecular weight excluding hydrogens is 677 g/mol. The van der Waals surface area contributed by atoms with Crippen LogP contribution >= 0.6 is 11.3 Å². The second-order valence-electron chi connectivity index (χ2n) is 16.3. The molecule has 4 fully saturated rings. The number of anilines is 2. The van der Waals surface area contributed by atoms with E-state index in [1.165, 1.54) is 22.4 Å². The van der Waals surface area contributed by atoms with Crippen molar-refractivity contribution in [1.29, 1.82) is 0 Å². The van der Waals surface area contributed by atoms with Crippen LogP contribution in [0.25, 0.3) is 0 Å². The summed E-state index contributed by atoms with van der Waals surface area (Å²) in [5.41, 5.74) is 1.64. The molecular formula is C41H52N4O6S. The number of fused-ring (bicyclic) bond motifs is 7. The van der Waals surface area contributed by atoms with E-state index in [0.29, 0.717) is 19.3 Å². The zero-order chi connectivity index (χ0) is 37.2. The average Bonchev–Trinajstić information content (AvgIpc) is 3.54. The Kier molecular flexibility index (Phi) is 9.63. The highest BCUT2D eigenvalue weighted by Gasteiger charge is 2.68. The Hall–Kier alpha value is -3.64. The number of aliphatic hydroxyl groups is 2. The Balaban J connectivity index is 0.000000169. The lowest BCUT2D eigenvalue weighted by Crippen LogP contribution is -2.62. The number of thiophene rings is 1. The summed E-state index contributed by atoms with van der Waals surface area (Å²) in [7, 11) is 2.18. The Morgan fingerprint density at radius 3 is 2.62 bits per heavy atom. The quantitative estimate of drug-likeness (QED) is 0.335. The molecule has 278 valence electrons. The molecule has 1 aromatic heterocycles. The number of ketones is 2. The molecule has 3 heterocycles. The van der Waals surface area contributed by atoms with E-state index < -0.39 is 40.9 Å². The third-order valence-corrected chi connectivity index (χ3v) is 14.1. The number of para-hydroxylation sites is 2.